The van der Waals surface area contributed by atoms with Crippen molar-refractivity contribution in [3.63, 3.8) is 0 Å². The van der Waals surface area contributed by atoms with Gasteiger partial charge in [-0.15, -0.1) is 11.3 Å². The Morgan fingerprint density at radius 3 is 2.94 bits per heavy atom. The smallest absolute Gasteiger partial charge is 0.304 e. The first kappa shape index (κ1) is 11.4. The highest BCUT2D eigenvalue weighted by Crippen LogP contribution is 2.35. The van der Waals surface area contributed by atoms with Gasteiger partial charge in [0, 0.05) is 0 Å². The molecule has 84 valence electrons. The van der Waals surface area contributed by atoms with Crippen LogP contribution < -0.4 is 0 Å². The average Bonchev–Trinajstić information content (AvgIpc) is 2.68. The quantitative estimate of drug-likeness (QED) is 0.909. The number of thioether (sulfide) groups is 1. The van der Waals surface area contributed by atoms with Crippen LogP contribution in [-0.4, -0.2) is 22.3 Å². The number of benzene rings is 1. The van der Waals surface area contributed by atoms with Gasteiger partial charge in [-0.05, 0) is 18.4 Å². The van der Waals surface area contributed by atoms with E-state index in [1.165, 1.54) is 11.8 Å². The molecule has 0 saturated carbocycles. The Labute approximate surface area is 102 Å². The number of hydrogen-bond donors (Lipinski definition) is 1. The van der Waals surface area contributed by atoms with Crippen molar-refractivity contribution in [1.82, 2.24) is 4.98 Å². The number of nitrogens with zero attached hydrogens (tertiary/aromatic N) is 1. The Balaban J connectivity index is 2.34. The maximum atomic E-state index is 10.7. The monoisotopic (exact) mass is 253 g/mol. The van der Waals surface area contributed by atoms with E-state index in [1.807, 2.05) is 30.5 Å². The number of rotatable bonds is 4. The number of thiazole rings is 1. The predicted molar refractivity (Wildman–Crippen MR) is 68.1 cm³/mol. The minimum absolute atomic E-state index is 0.0464. The second kappa shape index (κ2) is 4.84. The Kier molecular flexibility index (Phi) is 3.46. The van der Waals surface area contributed by atoms with Crippen LogP contribution in [0, 0.1) is 0 Å². The van der Waals surface area contributed by atoms with Gasteiger partial charge in [-0.3, -0.25) is 4.79 Å². The van der Waals surface area contributed by atoms with Crippen LogP contribution in [-0.2, 0) is 4.79 Å². The summed E-state index contributed by atoms with van der Waals surface area (Å²) in [6, 6.07) is 7.87. The van der Waals surface area contributed by atoms with E-state index in [9.17, 15) is 4.79 Å². The van der Waals surface area contributed by atoms with Crippen LogP contribution in [0.4, 0.5) is 0 Å². The molecule has 3 nitrogen and oxygen atoms in total. The molecular formula is C11H11NO2S2. The van der Waals surface area contributed by atoms with Crippen LogP contribution in [0.5, 0.6) is 0 Å². The van der Waals surface area contributed by atoms with Gasteiger partial charge >= 0.3 is 5.97 Å². The molecule has 0 aliphatic heterocycles. The third-order valence-corrected chi connectivity index (χ3v) is 4.49. The molecule has 0 spiro atoms. The molecule has 1 aromatic carbocycles. The molecule has 5 heteroatoms. The van der Waals surface area contributed by atoms with Crippen LogP contribution in [0.25, 0.3) is 10.2 Å². The number of carboxylic acids is 1. The van der Waals surface area contributed by atoms with Gasteiger partial charge in [0.2, 0.25) is 0 Å². The first-order valence-electron chi connectivity index (χ1n) is 4.80. The van der Waals surface area contributed by atoms with Crippen LogP contribution >= 0.6 is 23.1 Å². The fourth-order valence-corrected chi connectivity index (χ4v) is 3.40. The summed E-state index contributed by atoms with van der Waals surface area (Å²) in [5, 5.41) is 9.67. The minimum Gasteiger partial charge on any atom is -0.481 e. The van der Waals surface area contributed by atoms with Crippen molar-refractivity contribution in [1.29, 1.82) is 0 Å². The molecular weight excluding hydrogens is 242 g/mol. The van der Waals surface area contributed by atoms with Gasteiger partial charge in [-0.25, -0.2) is 4.98 Å². The summed E-state index contributed by atoms with van der Waals surface area (Å²) < 4.78 is 1.11. The van der Waals surface area contributed by atoms with E-state index in [-0.39, 0.29) is 11.7 Å². The Bertz CT molecular complexity index is 476. The summed E-state index contributed by atoms with van der Waals surface area (Å²) in [6.07, 6.45) is 2.04. The zero-order chi connectivity index (χ0) is 11.5. The highest BCUT2D eigenvalue weighted by Gasteiger charge is 2.18. The van der Waals surface area contributed by atoms with Gasteiger partial charge in [0.05, 0.1) is 21.9 Å². The molecule has 1 aromatic heterocycles. The van der Waals surface area contributed by atoms with Gasteiger partial charge in [0.25, 0.3) is 0 Å². The lowest BCUT2D eigenvalue weighted by Gasteiger charge is -2.06. The zero-order valence-electron chi connectivity index (χ0n) is 8.71. The molecule has 16 heavy (non-hydrogen) atoms. The molecule has 2 aromatic rings. The number of para-hydroxylation sites is 1. The van der Waals surface area contributed by atoms with E-state index in [0.29, 0.717) is 0 Å². The van der Waals surface area contributed by atoms with Crippen molar-refractivity contribution in [3.8, 4) is 0 Å². The first-order chi connectivity index (χ1) is 7.70. The third kappa shape index (κ3) is 2.36. The molecule has 2 rings (SSSR count). The van der Waals surface area contributed by atoms with E-state index >= 15 is 0 Å². The topological polar surface area (TPSA) is 50.2 Å². The Hall–Kier alpha value is -1.07. The molecule has 1 atom stereocenters. The van der Waals surface area contributed by atoms with Crippen LogP contribution in [0.3, 0.4) is 0 Å². The van der Waals surface area contributed by atoms with Crippen molar-refractivity contribution in [3.05, 3.63) is 29.3 Å². The molecule has 0 amide bonds. The van der Waals surface area contributed by atoms with Gasteiger partial charge in [0.1, 0.15) is 5.01 Å². The third-order valence-electron chi connectivity index (χ3n) is 2.23. The van der Waals surface area contributed by atoms with Gasteiger partial charge in [0.15, 0.2) is 0 Å². The lowest BCUT2D eigenvalue weighted by molar-refractivity contribution is -0.137. The van der Waals surface area contributed by atoms with Gasteiger partial charge in [-0.2, -0.15) is 11.8 Å². The van der Waals surface area contributed by atoms with Crippen LogP contribution in [0.15, 0.2) is 24.3 Å². The number of aliphatic carboxylic acids is 1. The van der Waals surface area contributed by atoms with Crippen molar-refractivity contribution in [2.45, 2.75) is 11.7 Å². The molecule has 0 aliphatic carbocycles. The van der Waals surface area contributed by atoms with Crippen LogP contribution in [0.2, 0.25) is 0 Å². The van der Waals surface area contributed by atoms with E-state index in [4.69, 9.17) is 5.11 Å². The van der Waals surface area contributed by atoms with E-state index < -0.39 is 5.97 Å². The Morgan fingerprint density at radius 1 is 1.56 bits per heavy atom. The van der Waals surface area contributed by atoms with Crippen molar-refractivity contribution >= 4 is 39.3 Å². The standard InChI is InChI=1S/C11H11NO2S2/c1-15-9(6-10(13)14)11-12-7-4-2-3-5-8(7)16-11/h2-5,9H,6H2,1H3,(H,13,14)/t9-/m1/s1. The molecule has 0 bridgehead atoms. The number of carbonyl (C=O) groups is 1. The van der Waals surface area contributed by atoms with Crippen molar-refractivity contribution in [2.75, 3.05) is 6.26 Å². The maximum Gasteiger partial charge on any atom is 0.304 e. The first-order valence-corrected chi connectivity index (χ1v) is 6.91. The largest absolute Gasteiger partial charge is 0.481 e. The molecule has 1 heterocycles. The fraction of sp³-hybridized carbons (Fsp3) is 0.273. The molecule has 0 saturated heterocycles. The second-order valence-electron chi connectivity index (χ2n) is 3.34. The predicted octanol–water partition coefficient (Wildman–Crippen LogP) is 3.18. The van der Waals surface area contributed by atoms with E-state index in [0.717, 1.165) is 15.2 Å². The maximum absolute atomic E-state index is 10.7. The normalized spacial score (nSPS) is 12.8. The fourth-order valence-electron chi connectivity index (χ4n) is 1.46. The second-order valence-corrected chi connectivity index (χ2v) is 5.44. The Morgan fingerprint density at radius 2 is 2.31 bits per heavy atom. The number of aromatic nitrogens is 1. The van der Waals surface area contributed by atoms with Crippen molar-refractivity contribution in [2.24, 2.45) is 0 Å². The summed E-state index contributed by atoms with van der Waals surface area (Å²) >= 11 is 3.11. The lowest BCUT2D eigenvalue weighted by Crippen LogP contribution is -2.02. The summed E-state index contributed by atoms with van der Waals surface area (Å²) in [7, 11) is 0. The zero-order valence-corrected chi connectivity index (χ0v) is 10.3. The number of hydrogen-bond acceptors (Lipinski definition) is 4. The van der Waals surface area contributed by atoms with Crippen molar-refractivity contribution < 1.29 is 9.90 Å². The summed E-state index contributed by atoms with van der Waals surface area (Å²) in [4.78, 5) is 15.2. The summed E-state index contributed by atoms with van der Waals surface area (Å²) in [5.74, 6) is -0.779. The van der Waals surface area contributed by atoms with Gasteiger partial charge in [-0.1, -0.05) is 12.1 Å². The highest BCUT2D eigenvalue weighted by molar-refractivity contribution is 7.99. The summed E-state index contributed by atoms with van der Waals surface area (Å²) in [5.41, 5.74) is 0.951. The molecule has 0 radical (unpaired) electrons. The summed E-state index contributed by atoms with van der Waals surface area (Å²) in [6.45, 7) is 0. The molecule has 0 fully saturated rings. The van der Waals surface area contributed by atoms with E-state index in [2.05, 4.69) is 4.98 Å². The van der Waals surface area contributed by atoms with E-state index in [1.54, 1.807) is 11.3 Å². The minimum atomic E-state index is -0.779. The SMILES string of the molecule is CS[C@H](CC(=O)O)c1nc2ccccc2s1. The number of fused-ring (bicyclic) bond motifs is 1. The van der Waals surface area contributed by atoms with Crippen LogP contribution in [0.1, 0.15) is 16.7 Å². The lowest BCUT2D eigenvalue weighted by atomic mass is 10.3. The molecule has 0 unspecified atom stereocenters. The molecule has 0 aliphatic rings. The average molecular weight is 253 g/mol. The highest BCUT2D eigenvalue weighted by atomic mass is 32.2. The number of carboxylic acid groups (broad SMARTS) is 1. The molecule has 1 N–H and O–H groups in total. The van der Waals surface area contributed by atoms with Gasteiger partial charge < -0.3 is 5.11 Å².